The summed E-state index contributed by atoms with van der Waals surface area (Å²) in [6.07, 6.45) is 10.5. The highest BCUT2D eigenvalue weighted by Crippen LogP contribution is 2.35. The lowest BCUT2D eigenvalue weighted by molar-refractivity contribution is 0.824. The number of hydrogen-bond donors (Lipinski definition) is 1. The van der Waals surface area contributed by atoms with Gasteiger partial charge >= 0.3 is 0 Å². The molecule has 2 heteroatoms. The van der Waals surface area contributed by atoms with E-state index in [0.717, 1.165) is 12.2 Å². The van der Waals surface area contributed by atoms with Gasteiger partial charge in [-0.15, -0.1) is 0 Å². The van der Waals surface area contributed by atoms with Gasteiger partial charge in [-0.05, 0) is 23.0 Å². The van der Waals surface area contributed by atoms with Crippen molar-refractivity contribution in [2.24, 2.45) is 5.92 Å². The number of nitrogens with zero attached hydrogens (tertiary/aromatic N) is 1. The second kappa shape index (κ2) is 5.38. The summed E-state index contributed by atoms with van der Waals surface area (Å²) in [5.74, 6) is 0.994. The summed E-state index contributed by atoms with van der Waals surface area (Å²) in [5.41, 5.74) is 5.22. The third-order valence-electron chi connectivity index (χ3n) is 3.33. The average molecular weight is 242 g/mol. The second-order valence-electron chi connectivity index (χ2n) is 5.39. The van der Waals surface area contributed by atoms with Crippen LogP contribution in [0.1, 0.15) is 44.7 Å². The first kappa shape index (κ1) is 12.9. The molecular formula is C16H22N2. The summed E-state index contributed by atoms with van der Waals surface area (Å²) in [6.45, 7) is 9.80. The molecule has 1 aliphatic rings. The maximum atomic E-state index is 4.37. The Balaban J connectivity index is 2.65. The number of rotatable bonds is 2. The van der Waals surface area contributed by atoms with E-state index in [1.54, 1.807) is 0 Å². The van der Waals surface area contributed by atoms with Crippen LogP contribution in [0.15, 0.2) is 30.6 Å². The van der Waals surface area contributed by atoms with Gasteiger partial charge in [-0.25, -0.2) is 0 Å². The summed E-state index contributed by atoms with van der Waals surface area (Å²) in [5, 5.41) is 3.46. The molecule has 0 saturated heterocycles. The molecule has 2 nitrogen and oxygen atoms in total. The van der Waals surface area contributed by atoms with E-state index < -0.39 is 0 Å². The molecule has 1 N–H and O–H groups in total. The highest BCUT2D eigenvalue weighted by atomic mass is 14.9. The molecule has 0 bridgehead atoms. The molecule has 2 heterocycles. The third-order valence-corrected chi connectivity index (χ3v) is 3.33. The van der Waals surface area contributed by atoms with Crippen molar-refractivity contribution in [2.75, 3.05) is 11.9 Å². The minimum absolute atomic E-state index is 0.486. The van der Waals surface area contributed by atoms with Crippen molar-refractivity contribution in [1.29, 1.82) is 0 Å². The van der Waals surface area contributed by atoms with Crippen molar-refractivity contribution in [2.45, 2.75) is 33.6 Å². The average Bonchev–Trinajstić information content (AvgIpc) is 2.28. The Kier molecular flexibility index (Phi) is 3.85. The highest BCUT2D eigenvalue weighted by molar-refractivity contribution is 5.80. The summed E-state index contributed by atoms with van der Waals surface area (Å²) >= 11 is 0. The largest absolute Gasteiger partial charge is 0.380 e. The molecule has 2 rings (SSSR count). The Bertz CT molecular complexity index is 482. The molecule has 0 fully saturated rings. The molecule has 1 aromatic heterocycles. The van der Waals surface area contributed by atoms with Crippen LogP contribution in [0, 0.1) is 5.92 Å². The first-order valence-electron chi connectivity index (χ1n) is 6.70. The Labute approximate surface area is 110 Å². The van der Waals surface area contributed by atoms with Gasteiger partial charge in [-0.3, -0.25) is 4.98 Å². The van der Waals surface area contributed by atoms with Crippen molar-refractivity contribution in [3.8, 4) is 0 Å². The van der Waals surface area contributed by atoms with Gasteiger partial charge in [0, 0.05) is 18.3 Å². The molecule has 1 aliphatic heterocycles. The summed E-state index contributed by atoms with van der Waals surface area (Å²) in [6, 6.07) is 0. The van der Waals surface area contributed by atoms with E-state index >= 15 is 0 Å². The van der Waals surface area contributed by atoms with E-state index in [1.165, 1.54) is 16.7 Å². The highest BCUT2D eigenvalue weighted by Gasteiger charge is 2.18. The number of allylic oxidation sites excluding steroid dienone is 3. The van der Waals surface area contributed by atoms with Gasteiger partial charge in [0.1, 0.15) is 0 Å². The zero-order valence-corrected chi connectivity index (χ0v) is 11.7. The summed E-state index contributed by atoms with van der Waals surface area (Å²) < 4.78 is 0. The topological polar surface area (TPSA) is 24.9 Å². The minimum atomic E-state index is 0.486. The van der Waals surface area contributed by atoms with E-state index in [-0.39, 0.29) is 0 Å². The monoisotopic (exact) mass is 242 g/mol. The fourth-order valence-corrected chi connectivity index (χ4v) is 2.34. The number of pyridine rings is 1. The van der Waals surface area contributed by atoms with Crippen LogP contribution in [0.5, 0.6) is 0 Å². The van der Waals surface area contributed by atoms with E-state index in [1.807, 2.05) is 12.4 Å². The lowest BCUT2D eigenvalue weighted by Crippen LogP contribution is -2.09. The quantitative estimate of drug-likeness (QED) is 0.839. The van der Waals surface area contributed by atoms with Gasteiger partial charge in [0.05, 0.1) is 11.9 Å². The van der Waals surface area contributed by atoms with Crippen LogP contribution in [0.2, 0.25) is 0 Å². The van der Waals surface area contributed by atoms with Crippen LogP contribution >= 0.6 is 0 Å². The van der Waals surface area contributed by atoms with Crippen LogP contribution in [-0.2, 0) is 0 Å². The van der Waals surface area contributed by atoms with Gasteiger partial charge in [0.25, 0.3) is 0 Å². The van der Waals surface area contributed by atoms with Gasteiger partial charge in [-0.2, -0.15) is 0 Å². The standard InChI is InChI=1S/C16H22N2/c1-11(2)13-7-5-6-8-18-15-10-17-9-14(12(3)4)16(13)15/h5-7,9-12,18H,8H2,1-4H3/b6-5-,13-7-. The smallest absolute Gasteiger partial charge is 0.0608 e. The van der Waals surface area contributed by atoms with Crippen LogP contribution in [0.4, 0.5) is 5.69 Å². The van der Waals surface area contributed by atoms with Gasteiger partial charge < -0.3 is 5.32 Å². The molecule has 0 atom stereocenters. The number of fused-ring (bicyclic) bond motifs is 1. The molecule has 0 aliphatic carbocycles. The predicted molar refractivity (Wildman–Crippen MR) is 78.8 cm³/mol. The first-order chi connectivity index (χ1) is 8.61. The minimum Gasteiger partial charge on any atom is -0.380 e. The van der Waals surface area contributed by atoms with Crippen molar-refractivity contribution in [3.05, 3.63) is 41.7 Å². The van der Waals surface area contributed by atoms with E-state index in [2.05, 4.69) is 56.2 Å². The SMILES string of the molecule is CC(C)/C1=C/C=C\CNc2cncc(C(C)C)c21. The van der Waals surface area contributed by atoms with Crippen LogP contribution in [-0.4, -0.2) is 11.5 Å². The van der Waals surface area contributed by atoms with Crippen LogP contribution < -0.4 is 5.32 Å². The Hall–Kier alpha value is -1.57. The Morgan fingerprint density at radius 1 is 1.11 bits per heavy atom. The fourth-order valence-electron chi connectivity index (χ4n) is 2.34. The molecular weight excluding hydrogens is 220 g/mol. The summed E-state index contributed by atoms with van der Waals surface area (Å²) in [7, 11) is 0. The zero-order chi connectivity index (χ0) is 13.1. The van der Waals surface area contributed by atoms with Crippen molar-refractivity contribution >= 4 is 11.3 Å². The zero-order valence-electron chi connectivity index (χ0n) is 11.7. The van der Waals surface area contributed by atoms with Crippen molar-refractivity contribution < 1.29 is 0 Å². The molecule has 18 heavy (non-hydrogen) atoms. The first-order valence-corrected chi connectivity index (χ1v) is 6.70. The molecule has 0 aromatic carbocycles. The lowest BCUT2D eigenvalue weighted by atomic mass is 9.87. The number of aromatic nitrogens is 1. The van der Waals surface area contributed by atoms with Crippen LogP contribution in [0.25, 0.3) is 5.57 Å². The molecule has 0 unspecified atom stereocenters. The third kappa shape index (κ3) is 2.47. The number of anilines is 1. The van der Waals surface area contributed by atoms with Crippen LogP contribution in [0.3, 0.4) is 0 Å². The Morgan fingerprint density at radius 3 is 2.56 bits per heavy atom. The van der Waals surface area contributed by atoms with E-state index in [4.69, 9.17) is 0 Å². The number of hydrogen-bond acceptors (Lipinski definition) is 2. The summed E-state index contributed by atoms with van der Waals surface area (Å²) in [4.78, 5) is 4.37. The molecule has 0 spiro atoms. The molecule has 0 amide bonds. The molecule has 0 saturated carbocycles. The Morgan fingerprint density at radius 2 is 1.89 bits per heavy atom. The van der Waals surface area contributed by atoms with Gasteiger partial charge in [0.2, 0.25) is 0 Å². The van der Waals surface area contributed by atoms with Gasteiger partial charge in [-0.1, -0.05) is 45.9 Å². The van der Waals surface area contributed by atoms with Gasteiger partial charge in [0.15, 0.2) is 0 Å². The molecule has 96 valence electrons. The second-order valence-corrected chi connectivity index (χ2v) is 5.39. The van der Waals surface area contributed by atoms with Crippen molar-refractivity contribution in [1.82, 2.24) is 4.98 Å². The van der Waals surface area contributed by atoms with Crippen molar-refractivity contribution in [3.63, 3.8) is 0 Å². The van der Waals surface area contributed by atoms with E-state index in [9.17, 15) is 0 Å². The fraction of sp³-hybridized carbons (Fsp3) is 0.438. The maximum absolute atomic E-state index is 4.37. The van der Waals surface area contributed by atoms with E-state index in [0.29, 0.717) is 11.8 Å². The predicted octanol–water partition coefficient (Wildman–Crippen LogP) is 4.23. The lowest BCUT2D eigenvalue weighted by Gasteiger charge is -2.22. The number of nitrogens with one attached hydrogen (secondary N) is 1. The normalized spacial score (nSPS) is 19.6. The molecule has 1 aromatic rings. The molecule has 0 radical (unpaired) electrons. The maximum Gasteiger partial charge on any atom is 0.0608 e.